The number of aromatic nitrogens is 2. The molecule has 0 spiro atoms. The van der Waals surface area contributed by atoms with Crippen LogP contribution in [0.4, 0.5) is 17.5 Å². The molecular formula is C12H21N7O2. The minimum Gasteiger partial charge on any atom is -0.297 e. The molecule has 4 N–H and O–H groups in total. The van der Waals surface area contributed by atoms with Crippen molar-refractivity contribution < 1.29 is 4.92 Å². The van der Waals surface area contributed by atoms with E-state index in [0.29, 0.717) is 0 Å². The Balaban J connectivity index is 2.37. The number of anilines is 2. The lowest BCUT2D eigenvalue weighted by Crippen LogP contribution is -2.47. The summed E-state index contributed by atoms with van der Waals surface area (Å²) in [6, 6.07) is 0.552. The number of hydrazine groups is 2. The van der Waals surface area contributed by atoms with E-state index in [-0.39, 0.29) is 35.2 Å². The van der Waals surface area contributed by atoms with E-state index in [2.05, 4.69) is 34.7 Å². The Morgan fingerprint density at radius 3 is 2.48 bits per heavy atom. The molecule has 0 amide bonds. The van der Waals surface area contributed by atoms with Crippen LogP contribution in [-0.2, 0) is 0 Å². The predicted molar refractivity (Wildman–Crippen MR) is 79.5 cm³/mol. The molecule has 0 radical (unpaired) electrons. The van der Waals surface area contributed by atoms with Crippen LogP contribution in [-0.4, -0.2) is 32.0 Å². The van der Waals surface area contributed by atoms with Gasteiger partial charge in [0.1, 0.15) is 5.69 Å². The average Bonchev–Trinajstić information content (AvgIpc) is 2.42. The molecule has 0 bridgehead atoms. The molecule has 2 unspecified atom stereocenters. The zero-order valence-corrected chi connectivity index (χ0v) is 12.5. The number of hydrogen-bond acceptors (Lipinski definition) is 8. The number of nitrogens with zero attached hydrogens (tertiary/aromatic N) is 4. The molecule has 0 aliphatic carbocycles. The summed E-state index contributed by atoms with van der Waals surface area (Å²) in [6.07, 6.45) is 3.23. The zero-order chi connectivity index (χ0) is 15.6. The maximum atomic E-state index is 11.3. The smallest absolute Gasteiger partial charge is 0.297 e. The summed E-state index contributed by atoms with van der Waals surface area (Å²) >= 11 is 0. The van der Waals surface area contributed by atoms with Crippen LogP contribution in [0.15, 0.2) is 0 Å². The molecule has 9 heteroatoms. The predicted octanol–water partition coefficient (Wildman–Crippen LogP) is 1.57. The van der Waals surface area contributed by atoms with Crippen molar-refractivity contribution in [3.8, 4) is 0 Å². The van der Waals surface area contributed by atoms with Gasteiger partial charge in [-0.15, -0.1) is 0 Å². The van der Waals surface area contributed by atoms with Crippen molar-refractivity contribution in [2.24, 2.45) is 5.84 Å². The molecule has 2 atom stereocenters. The highest BCUT2D eigenvalue weighted by molar-refractivity contribution is 5.60. The number of nitrogens with one attached hydrogen (secondary N) is 2. The van der Waals surface area contributed by atoms with Crippen LogP contribution in [0.2, 0.25) is 0 Å². The molecule has 2 rings (SSSR count). The summed E-state index contributed by atoms with van der Waals surface area (Å²) in [5.41, 5.74) is 5.56. The van der Waals surface area contributed by atoms with Gasteiger partial charge in [-0.05, 0) is 33.6 Å². The Hall–Kier alpha value is -2.00. The van der Waals surface area contributed by atoms with Gasteiger partial charge in [-0.25, -0.2) is 15.8 Å². The van der Waals surface area contributed by atoms with E-state index < -0.39 is 4.92 Å². The summed E-state index contributed by atoms with van der Waals surface area (Å²) in [6.45, 7) is 5.74. The van der Waals surface area contributed by atoms with Crippen LogP contribution in [0.1, 0.15) is 38.8 Å². The van der Waals surface area contributed by atoms with E-state index in [1.165, 1.54) is 0 Å². The first-order valence-electron chi connectivity index (χ1n) is 6.98. The Kier molecular flexibility index (Phi) is 4.53. The molecule has 1 saturated heterocycles. The van der Waals surface area contributed by atoms with Gasteiger partial charge in [-0.3, -0.25) is 21.0 Å². The molecule has 0 saturated carbocycles. The zero-order valence-electron chi connectivity index (χ0n) is 12.5. The van der Waals surface area contributed by atoms with Crippen molar-refractivity contribution in [3.05, 3.63) is 15.8 Å². The minimum atomic E-state index is -0.475. The largest absolute Gasteiger partial charge is 0.333 e. The SMILES string of the molecule is Cc1nc(NN)nc(NN2C(C)CCCC2C)c1[N+](=O)[O-]. The van der Waals surface area contributed by atoms with Gasteiger partial charge in [-0.1, -0.05) is 6.42 Å². The molecule has 1 fully saturated rings. The molecule has 9 nitrogen and oxygen atoms in total. The number of aryl methyl sites for hydroxylation is 1. The van der Waals surface area contributed by atoms with Crippen LogP contribution in [0, 0.1) is 17.0 Å². The number of piperidine rings is 1. The maximum absolute atomic E-state index is 11.3. The first-order valence-corrected chi connectivity index (χ1v) is 6.98. The topological polar surface area (TPSA) is 122 Å². The van der Waals surface area contributed by atoms with Gasteiger partial charge in [-0.2, -0.15) is 4.98 Å². The fourth-order valence-corrected chi connectivity index (χ4v) is 2.69. The molecule has 116 valence electrons. The normalized spacial score (nSPS) is 22.9. The lowest BCUT2D eigenvalue weighted by Gasteiger charge is -2.38. The molecular weight excluding hydrogens is 274 g/mol. The van der Waals surface area contributed by atoms with E-state index in [4.69, 9.17) is 5.84 Å². The van der Waals surface area contributed by atoms with E-state index in [0.717, 1.165) is 19.3 Å². The van der Waals surface area contributed by atoms with Crippen LogP contribution in [0.3, 0.4) is 0 Å². The first-order chi connectivity index (χ1) is 9.93. The summed E-state index contributed by atoms with van der Waals surface area (Å²) in [7, 11) is 0. The molecule has 1 aliphatic heterocycles. The van der Waals surface area contributed by atoms with Crippen LogP contribution < -0.4 is 16.7 Å². The maximum Gasteiger partial charge on any atom is 0.333 e. The average molecular weight is 295 g/mol. The molecule has 21 heavy (non-hydrogen) atoms. The van der Waals surface area contributed by atoms with Crippen molar-refractivity contribution in [1.29, 1.82) is 0 Å². The Morgan fingerprint density at radius 2 is 1.95 bits per heavy atom. The van der Waals surface area contributed by atoms with Crippen LogP contribution >= 0.6 is 0 Å². The molecule has 1 aromatic heterocycles. The van der Waals surface area contributed by atoms with Gasteiger partial charge >= 0.3 is 5.69 Å². The van der Waals surface area contributed by atoms with E-state index in [1.807, 2.05) is 5.01 Å². The molecule has 0 aromatic carbocycles. The highest BCUT2D eigenvalue weighted by Gasteiger charge is 2.29. The lowest BCUT2D eigenvalue weighted by atomic mass is 10.00. The number of nitrogens with two attached hydrogens (primary N) is 1. The fourth-order valence-electron chi connectivity index (χ4n) is 2.69. The van der Waals surface area contributed by atoms with E-state index in [9.17, 15) is 10.1 Å². The van der Waals surface area contributed by atoms with Gasteiger partial charge in [0.2, 0.25) is 11.8 Å². The van der Waals surface area contributed by atoms with E-state index >= 15 is 0 Å². The van der Waals surface area contributed by atoms with Gasteiger partial charge in [0, 0.05) is 12.1 Å². The van der Waals surface area contributed by atoms with Crippen molar-refractivity contribution in [3.63, 3.8) is 0 Å². The minimum absolute atomic E-state index is 0.126. The number of nitrogen functional groups attached to an aromatic ring is 1. The monoisotopic (exact) mass is 295 g/mol. The van der Waals surface area contributed by atoms with E-state index in [1.54, 1.807) is 6.92 Å². The third-order valence-electron chi connectivity index (χ3n) is 3.80. The van der Waals surface area contributed by atoms with Gasteiger partial charge < -0.3 is 0 Å². The highest BCUT2D eigenvalue weighted by atomic mass is 16.6. The summed E-state index contributed by atoms with van der Waals surface area (Å²) in [4.78, 5) is 18.8. The van der Waals surface area contributed by atoms with Gasteiger partial charge in [0.05, 0.1) is 4.92 Å². The van der Waals surface area contributed by atoms with Crippen molar-refractivity contribution in [1.82, 2.24) is 15.0 Å². The Morgan fingerprint density at radius 1 is 1.33 bits per heavy atom. The van der Waals surface area contributed by atoms with Crippen LogP contribution in [0.25, 0.3) is 0 Å². The second-order valence-electron chi connectivity index (χ2n) is 5.38. The van der Waals surface area contributed by atoms with Crippen molar-refractivity contribution in [2.75, 3.05) is 10.9 Å². The van der Waals surface area contributed by atoms with Crippen LogP contribution in [0.5, 0.6) is 0 Å². The van der Waals surface area contributed by atoms with Crippen molar-refractivity contribution >= 4 is 17.5 Å². The summed E-state index contributed by atoms with van der Waals surface area (Å²) < 4.78 is 0. The number of nitro groups is 1. The number of rotatable bonds is 4. The van der Waals surface area contributed by atoms with Gasteiger partial charge in [0.25, 0.3) is 0 Å². The summed E-state index contributed by atoms with van der Waals surface area (Å²) in [5, 5.41) is 13.3. The lowest BCUT2D eigenvalue weighted by molar-refractivity contribution is -0.385. The Bertz CT molecular complexity index is 527. The quantitative estimate of drug-likeness (QED) is 0.434. The molecule has 2 heterocycles. The Labute approximate surface area is 123 Å². The second kappa shape index (κ2) is 6.19. The molecule has 1 aromatic rings. The third-order valence-corrected chi connectivity index (χ3v) is 3.80. The third kappa shape index (κ3) is 3.19. The first kappa shape index (κ1) is 15.4. The number of hydrogen-bond donors (Lipinski definition) is 3. The highest BCUT2D eigenvalue weighted by Crippen LogP contribution is 2.29. The van der Waals surface area contributed by atoms with Gasteiger partial charge in [0.15, 0.2) is 0 Å². The summed E-state index contributed by atoms with van der Waals surface area (Å²) in [5.74, 6) is 5.63. The van der Waals surface area contributed by atoms with Crippen molar-refractivity contribution in [2.45, 2.75) is 52.1 Å². The fraction of sp³-hybridized carbons (Fsp3) is 0.667. The molecule has 1 aliphatic rings. The standard InChI is InChI=1S/C12H21N7O2/c1-7-5-4-6-8(2)18(7)17-11-10(19(20)21)9(3)14-12(15-11)16-13/h7-8H,4-6,13H2,1-3H3,(H2,14,15,16,17). The second-order valence-corrected chi connectivity index (χ2v) is 5.38.